The summed E-state index contributed by atoms with van der Waals surface area (Å²) in [5.41, 5.74) is 0.116. The highest BCUT2D eigenvalue weighted by molar-refractivity contribution is 5.84. The van der Waals surface area contributed by atoms with E-state index >= 15 is 0 Å². The van der Waals surface area contributed by atoms with Crippen LogP contribution in [0.5, 0.6) is 0 Å². The summed E-state index contributed by atoms with van der Waals surface area (Å²) in [7, 11) is 0. The Morgan fingerprint density at radius 1 is 1.58 bits per heavy atom. The maximum Gasteiger partial charge on any atom is 0.364 e. The smallest absolute Gasteiger partial charge is 0.364 e. The number of aliphatic carboxylic acids is 1. The molecule has 0 amide bonds. The Morgan fingerprint density at radius 3 is 2.50 bits per heavy atom. The van der Waals surface area contributed by atoms with Crippen molar-refractivity contribution in [3.63, 3.8) is 0 Å². The molecular formula is C8H8FNO2. The number of carboxylic acid groups (broad SMARTS) is 1. The third-order valence-corrected chi connectivity index (χ3v) is 0.950. The summed E-state index contributed by atoms with van der Waals surface area (Å²) >= 11 is 0. The van der Waals surface area contributed by atoms with E-state index in [0.717, 1.165) is 6.08 Å². The fourth-order valence-electron chi connectivity index (χ4n) is 0.459. The van der Waals surface area contributed by atoms with Crippen LogP contribution in [-0.2, 0) is 4.79 Å². The fourth-order valence-corrected chi connectivity index (χ4v) is 0.459. The number of aliphatic imine (C=N–C) groups is 1. The molecule has 0 saturated heterocycles. The van der Waals surface area contributed by atoms with Crippen LogP contribution in [0.2, 0.25) is 0 Å². The van der Waals surface area contributed by atoms with Gasteiger partial charge in [-0.25, -0.2) is 4.79 Å². The van der Waals surface area contributed by atoms with Crippen LogP contribution in [0.25, 0.3) is 0 Å². The first-order valence-corrected chi connectivity index (χ1v) is 3.01. The van der Waals surface area contributed by atoms with Crippen molar-refractivity contribution in [2.45, 2.75) is 0 Å². The normalized spacial score (nSPS) is 12.4. The lowest BCUT2D eigenvalue weighted by Crippen LogP contribution is -1.94. The molecule has 0 rings (SSSR count). The highest BCUT2D eigenvalue weighted by Crippen LogP contribution is 2.05. The number of allylic oxidation sites excluding steroid dienone is 3. The van der Waals surface area contributed by atoms with Gasteiger partial charge in [0.25, 0.3) is 0 Å². The Hall–Kier alpha value is -1.71. The largest absolute Gasteiger partial charge is 0.476 e. The molecule has 4 heteroatoms. The van der Waals surface area contributed by atoms with Crippen LogP contribution in [0.4, 0.5) is 4.39 Å². The van der Waals surface area contributed by atoms with Crippen molar-refractivity contribution < 1.29 is 14.3 Å². The molecule has 12 heavy (non-hydrogen) atoms. The third-order valence-electron chi connectivity index (χ3n) is 0.950. The molecule has 0 spiro atoms. The van der Waals surface area contributed by atoms with Crippen LogP contribution in [0.1, 0.15) is 0 Å². The zero-order valence-electron chi connectivity index (χ0n) is 6.33. The van der Waals surface area contributed by atoms with E-state index in [4.69, 9.17) is 5.11 Å². The maximum atomic E-state index is 12.4. The predicted molar refractivity (Wildman–Crippen MR) is 44.7 cm³/mol. The molecule has 0 saturated carbocycles. The quantitative estimate of drug-likeness (QED) is 0.395. The van der Waals surface area contributed by atoms with Gasteiger partial charge in [0.05, 0.1) is 5.70 Å². The van der Waals surface area contributed by atoms with E-state index in [0.29, 0.717) is 0 Å². The van der Waals surface area contributed by atoms with Gasteiger partial charge in [-0.05, 0) is 12.8 Å². The van der Waals surface area contributed by atoms with E-state index in [1.807, 2.05) is 0 Å². The van der Waals surface area contributed by atoms with Crippen LogP contribution >= 0.6 is 0 Å². The predicted octanol–water partition coefficient (Wildman–Crippen LogP) is 1.69. The number of carbonyl (C=O) groups is 1. The minimum absolute atomic E-state index is 0.116. The average Bonchev–Trinajstić information content (AvgIpc) is 2.03. The SMILES string of the molecule is C=C/C=C(/C=C(\F)C(=O)O)N=C. The van der Waals surface area contributed by atoms with Crippen LogP contribution in [0.15, 0.2) is 41.3 Å². The molecule has 0 unspecified atom stereocenters. The molecule has 0 aliphatic heterocycles. The van der Waals surface area contributed by atoms with E-state index < -0.39 is 11.8 Å². The van der Waals surface area contributed by atoms with Crippen LogP contribution in [0, 0.1) is 0 Å². The standard InChI is InChI=1S/C8H8FNO2/c1-3-4-6(10-2)5-7(9)8(11)12/h3-5H,1-2H2,(H,11,12)/b6-4-,7-5-. The Morgan fingerprint density at radius 2 is 2.17 bits per heavy atom. The van der Waals surface area contributed by atoms with E-state index in [9.17, 15) is 9.18 Å². The number of halogens is 1. The van der Waals surface area contributed by atoms with Crippen molar-refractivity contribution >= 4 is 12.7 Å². The third kappa shape index (κ3) is 3.46. The Balaban J connectivity index is 4.69. The average molecular weight is 169 g/mol. The first kappa shape index (κ1) is 10.3. The lowest BCUT2D eigenvalue weighted by atomic mass is 10.3. The second-order valence-corrected chi connectivity index (χ2v) is 1.78. The molecule has 0 fully saturated rings. The molecule has 0 radical (unpaired) electrons. The molecule has 3 nitrogen and oxygen atoms in total. The van der Waals surface area contributed by atoms with Gasteiger partial charge in [-0.15, -0.1) is 0 Å². The number of nitrogens with zero attached hydrogens (tertiary/aromatic N) is 1. The fraction of sp³-hybridized carbons (Fsp3) is 0. The Bertz CT molecular complexity index is 266. The van der Waals surface area contributed by atoms with Gasteiger partial charge in [0.1, 0.15) is 0 Å². The summed E-state index contributed by atoms with van der Waals surface area (Å²) in [5.74, 6) is -2.91. The molecule has 0 aromatic rings. The van der Waals surface area contributed by atoms with Gasteiger partial charge < -0.3 is 5.11 Å². The Kier molecular flexibility index (Phi) is 4.30. The summed E-state index contributed by atoms with van der Waals surface area (Å²) in [6.45, 7) is 6.46. The molecule has 0 aromatic heterocycles. The molecule has 0 aromatic carbocycles. The zero-order chi connectivity index (χ0) is 9.56. The second-order valence-electron chi connectivity index (χ2n) is 1.78. The summed E-state index contributed by atoms with van der Waals surface area (Å²) in [4.78, 5) is 13.4. The summed E-state index contributed by atoms with van der Waals surface area (Å²) in [5, 5.41) is 8.14. The molecule has 64 valence electrons. The minimum atomic E-state index is -1.63. The van der Waals surface area contributed by atoms with Gasteiger partial charge in [-0.1, -0.05) is 12.7 Å². The lowest BCUT2D eigenvalue weighted by molar-refractivity contribution is -0.134. The first-order chi connectivity index (χ1) is 5.61. The van der Waals surface area contributed by atoms with E-state index in [1.54, 1.807) is 0 Å². The minimum Gasteiger partial charge on any atom is -0.476 e. The summed E-state index contributed by atoms with van der Waals surface area (Å²) in [6, 6.07) is 0. The van der Waals surface area contributed by atoms with Gasteiger partial charge >= 0.3 is 5.97 Å². The van der Waals surface area contributed by atoms with Gasteiger partial charge in [0.2, 0.25) is 5.83 Å². The molecule has 0 aliphatic carbocycles. The molecule has 1 N–H and O–H groups in total. The van der Waals surface area contributed by atoms with Gasteiger partial charge in [-0.3, -0.25) is 4.99 Å². The Labute approximate surface area is 69.2 Å². The van der Waals surface area contributed by atoms with Crippen molar-refractivity contribution in [3.05, 3.63) is 36.3 Å². The summed E-state index contributed by atoms with van der Waals surface area (Å²) < 4.78 is 12.4. The van der Waals surface area contributed by atoms with Crippen LogP contribution in [-0.4, -0.2) is 17.8 Å². The monoisotopic (exact) mass is 169 g/mol. The molecule has 0 heterocycles. The van der Waals surface area contributed by atoms with Crippen LogP contribution < -0.4 is 0 Å². The van der Waals surface area contributed by atoms with Gasteiger partial charge in [0, 0.05) is 6.08 Å². The summed E-state index contributed by atoms with van der Waals surface area (Å²) in [6.07, 6.45) is 3.46. The number of rotatable bonds is 4. The molecular weight excluding hydrogens is 161 g/mol. The highest BCUT2D eigenvalue weighted by Gasteiger charge is 2.04. The van der Waals surface area contributed by atoms with Gasteiger partial charge in [0.15, 0.2) is 0 Å². The highest BCUT2D eigenvalue weighted by atomic mass is 19.1. The van der Waals surface area contributed by atoms with Crippen molar-refractivity contribution in [1.82, 2.24) is 0 Å². The van der Waals surface area contributed by atoms with E-state index in [-0.39, 0.29) is 5.70 Å². The van der Waals surface area contributed by atoms with Crippen molar-refractivity contribution in [1.29, 1.82) is 0 Å². The van der Waals surface area contributed by atoms with E-state index in [2.05, 4.69) is 18.3 Å². The molecule has 0 aliphatic rings. The van der Waals surface area contributed by atoms with Crippen molar-refractivity contribution in [3.8, 4) is 0 Å². The number of carboxylic acids is 1. The topological polar surface area (TPSA) is 49.7 Å². The maximum absolute atomic E-state index is 12.4. The zero-order valence-corrected chi connectivity index (χ0v) is 6.33. The molecule has 0 atom stereocenters. The first-order valence-electron chi connectivity index (χ1n) is 3.01. The van der Waals surface area contributed by atoms with Crippen molar-refractivity contribution in [2.75, 3.05) is 0 Å². The van der Waals surface area contributed by atoms with Crippen LogP contribution in [0.3, 0.4) is 0 Å². The van der Waals surface area contributed by atoms with Crippen molar-refractivity contribution in [2.24, 2.45) is 4.99 Å². The lowest BCUT2D eigenvalue weighted by Gasteiger charge is -1.90. The van der Waals surface area contributed by atoms with Gasteiger partial charge in [-0.2, -0.15) is 4.39 Å². The number of hydrogen-bond acceptors (Lipinski definition) is 2. The second kappa shape index (κ2) is 5.01. The van der Waals surface area contributed by atoms with E-state index in [1.165, 1.54) is 12.2 Å². The number of hydrogen-bond donors (Lipinski definition) is 1. The molecule has 0 bridgehead atoms.